The van der Waals surface area contributed by atoms with E-state index in [0.717, 1.165) is 5.56 Å². The van der Waals surface area contributed by atoms with Crippen LogP contribution in [0.3, 0.4) is 0 Å². The molecule has 1 aliphatic heterocycles. The minimum atomic E-state index is -3.80. The van der Waals surface area contributed by atoms with Gasteiger partial charge in [0.05, 0.1) is 24.5 Å². The Morgan fingerprint density at radius 1 is 1.03 bits per heavy atom. The molecule has 1 saturated heterocycles. The van der Waals surface area contributed by atoms with Gasteiger partial charge >= 0.3 is 0 Å². The number of anilines is 2. The summed E-state index contributed by atoms with van der Waals surface area (Å²) in [5.41, 5.74) is 2.30. The summed E-state index contributed by atoms with van der Waals surface area (Å²) in [7, 11) is -3.80. The number of benzene rings is 2. The van der Waals surface area contributed by atoms with Crippen molar-refractivity contribution in [3.05, 3.63) is 53.6 Å². The van der Waals surface area contributed by atoms with E-state index in [1.807, 2.05) is 0 Å². The molecule has 0 spiro atoms. The van der Waals surface area contributed by atoms with E-state index in [-0.39, 0.29) is 23.1 Å². The summed E-state index contributed by atoms with van der Waals surface area (Å²) in [6.45, 7) is 5.72. The highest BCUT2D eigenvalue weighted by Gasteiger charge is 2.19. The average Bonchev–Trinajstić information content (AvgIpc) is 2.75. The van der Waals surface area contributed by atoms with Crippen LogP contribution in [0.1, 0.15) is 24.5 Å². The van der Waals surface area contributed by atoms with Gasteiger partial charge < -0.3 is 15.0 Å². The van der Waals surface area contributed by atoms with Crippen LogP contribution >= 0.6 is 0 Å². The molecular formula is C22H27N3O5S. The van der Waals surface area contributed by atoms with Crippen molar-refractivity contribution in [3.63, 3.8) is 0 Å². The van der Waals surface area contributed by atoms with E-state index in [1.54, 1.807) is 55.1 Å². The van der Waals surface area contributed by atoms with Crippen molar-refractivity contribution in [2.45, 2.75) is 31.6 Å². The molecule has 166 valence electrons. The van der Waals surface area contributed by atoms with Crippen LogP contribution < -0.4 is 10.0 Å². The lowest BCUT2D eigenvalue weighted by molar-refractivity contribution is -0.134. The minimum absolute atomic E-state index is 0.0301. The number of morpholine rings is 1. The van der Waals surface area contributed by atoms with Crippen molar-refractivity contribution in [2.75, 3.05) is 36.3 Å². The van der Waals surface area contributed by atoms with Gasteiger partial charge in [-0.2, -0.15) is 0 Å². The van der Waals surface area contributed by atoms with E-state index in [4.69, 9.17) is 4.74 Å². The van der Waals surface area contributed by atoms with Gasteiger partial charge in [-0.25, -0.2) is 8.42 Å². The number of rotatable bonds is 7. The van der Waals surface area contributed by atoms with Crippen molar-refractivity contribution in [1.29, 1.82) is 0 Å². The highest BCUT2D eigenvalue weighted by molar-refractivity contribution is 7.92. The Hall–Kier alpha value is -2.91. The first-order valence-electron chi connectivity index (χ1n) is 10.2. The summed E-state index contributed by atoms with van der Waals surface area (Å²) < 4.78 is 33.4. The standard InChI is InChI=1S/C22H27N3O5S/c1-3-21(26)23-19-8-9-20(16(2)14-19)31(28,29)24-18-6-4-17(5-7-18)15-22(27)25-10-12-30-13-11-25/h4-9,14,24H,3,10-13,15H2,1-2H3,(H,23,26). The number of nitrogens with zero attached hydrogens (tertiary/aromatic N) is 1. The first-order chi connectivity index (χ1) is 14.8. The fourth-order valence-electron chi connectivity index (χ4n) is 3.28. The van der Waals surface area contributed by atoms with Crippen molar-refractivity contribution >= 4 is 33.2 Å². The first kappa shape index (κ1) is 22.8. The van der Waals surface area contributed by atoms with Crippen LogP contribution in [0.2, 0.25) is 0 Å². The number of sulfonamides is 1. The summed E-state index contributed by atoms with van der Waals surface area (Å²) in [6.07, 6.45) is 0.603. The van der Waals surface area contributed by atoms with Gasteiger partial charge in [0.1, 0.15) is 0 Å². The van der Waals surface area contributed by atoms with E-state index in [0.29, 0.717) is 49.7 Å². The van der Waals surface area contributed by atoms with Crippen LogP contribution in [0.5, 0.6) is 0 Å². The number of carbonyl (C=O) groups excluding carboxylic acids is 2. The molecule has 31 heavy (non-hydrogen) atoms. The number of hydrogen-bond acceptors (Lipinski definition) is 5. The van der Waals surface area contributed by atoms with Gasteiger partial charge in [-0.1, -0.05) is 19.1 Å². The molecule has 1 heterocycles. The molecule has 3 rings (SSSR count). The number of aryl methyl sites for hydroxylation is 1. The maximum absolute atomic E-state index is 12.8. The maximum Gasteiger partial charge on any atom is 0.262 e. The zero-order valence-corrected chi connectivity index (χ0v) is 18.5. The van der Waals surface area contributed by atoms with Crippen LogP contribution in [-0.2, 0) is 30.8 Å². The monoisotopic (exact) mass is 445 g/mol. The molecule has 1 fully saturated rings. The van der Waals surface area contributed by atoms with Gasteiger partial charge in [0.25, 0.3) is 10.0 Å². The minimum Gasteiger partial charge on any atom is -0.378 e. The Kier molecular flexibility index (Phi) is 7.29. The summed E-state index contributed by atoms with van der Waals surface area (Å²) in [4.78, 5) is 25.8. The lowest BCUT2D eigenvalue weighted by Crippen LogP contribution is -2.41. The topological polar surface area (TPSA) is 105 Å². The van der Waals surface area contributed by atoms with Crippen LogP contribution in [-0.4, -0.2) is 51.4 Å². The molecule has 1 aliphatic rings. The van der Waals surface area contributed by atoms with Gasteiger partial charge in [-0.15, -0.1) is 0 Å². The van der Waals surface area contributed by atoms with Crippen molar-refractivity contribution in [2.24, 2.45) is 0 Å². The Balaban J connectivity index is 1.66. The molecule has 0 aliphatic carbocycles. The summed E-state index contributed by atoms with van der Waals surface area (Å²) in [6, 6.07) is 11.4. The van der Waals surface area contributed by atoms with Gasteiger partial charge in [0.2, 0.25) is 11.8 Å². The van der Waals surface area contributed by atoms with Crippen LogP contribution in [0.25, 0.3) is 0 Å². The smallest absolute Gasteiger partial charge is 0.262 e. The van der Waals surface area contributed by atoms with Gasteiger partial charge in [0.15, 0.2) is 0 Å². The molecule has 0 aromatic heterocycles. The Morgan fingerprint density at radius 3 is 2.29 bits per heavy atom. The second kappa shape index (κ2) is 9.93. The maximum atomic E-state index is 12.8. The number of ether oxygens (including phenoxy) is 1. The van der Waals surface area contributed by atoms with Crippen molar-refractivity contribution in [3.8, 4) is 0 Å². The predicted molar refractivity (Wildman–Crippen MR) is 118 cm³/mol. The second-order valence-corrected chi connectivity index (χ2v) is 9.01. The number of carbonyl (C=O) groups is 2. The average molecular weight is 446 g/mol. The van der Waals surface area contributed by atoms with Gasteiger partial charge in [-0.05, 0) is 48.4 Å². The molecule has 2 amide bonds. The Morgan fingerprint density at radius 2 is 1.68 bits per heavy atom. The molecule has 9 heteroatoms. The number of hydrogen-bond donors (Lipinski definition) is 2. The third-order valence-corrected chi connectivity index (χ3v) is 6.54. The van der Waals surface area contributed by atoms with E-state index >= 15 is 0 Å². The van der Waals surface area contributed by atoms with Gasteiger partial charge in [0, 0.05) is 30.9 Å². The first-order valence-corrected chi connectivity index (χ1v) is 11.6. The molecule has 0 unspecified atom stereocenters. The zero-order chi connectivity index (χ0) is 22.4. The molecule has 2 N–H and O–H groups in total. The Bertz CT molecular complexity index is 1050. The quantitative estimate of drug-likeness (QED) is 0.682. The largest absolute Gasteiger partial charge is 0.378 e. The molecule has 0 atom stereocenters. The SMILES string of the molecule is CCC(=O)Nc1ccc(S(=O)(=O)Nc2ccc(CC(=O)N3CCOCC3)cc2)c(C)c1. The fraction of sp³-hybridized carbons (Fsp3) is 0.364. The molecule has 2 aromatic rings. The molecule has 2 aromatic carbocycles. The third-order valence-electron chi connectivity index (χ3n) is 4.99. The summed E-state index contributed by atoms with van der Waals surface area (Å²) in [5, 5.41) is 2.71. The van der Waals surface area contributed by atoms with Crippen LogP contribution in [0.4, 0.5) is 11.4 Å². The Labute approximate surface area is 182 Å². The predicted octanol–water partition coefficient (Wildman–Crippen LogP) is 2.55. The number of nitrogens with one attached hydrogen (secondary N) is 2. The second-order valence-electron chi connectivity index (χ2n) is 7.35. The van der Waals surface area contributed by atoms with Gasteiger partial charge in [-0.3, -0.25) is 14.3 Å². The van der Waals surface area contributed by atoms with Crippen molar-refractivity contribution in [1.82, 2.24) is 4.90 Å². The lowest BCUT2D eigenvalue weighted by Gasteiger charge is -2.26. The van der Waals surface area contributed by atoms with E-state index in [1.165, 1.54) is 6.07 Å². The molecule has 0 bridgehead atoms. The van der Waals surface area contributed by atoms with E-state index in [9.17, 15) is 18.0 Å². The van der Waals surface area contributed by atoms with E-state index < -0.39 is 10.0 Å². The third kappa shape index (κ3) is 6.05. The highest BCUT2D eigenvalue weighted by Crippen LogP contribution is 2.23. The van der Waals surface area contributed by atoms with Crippen molar-refractivity contribution < 1.29 is 22.7 Å². The summed E-state index contributed by atoms with van der Waals surface area (Å²) >= 11 is 0. The molecule has 0 radical (unpaired) electrons. The molecular weight excluding hydrogens is 418 g/mol. The summed E-state index contributed by atoms with van der Waals surface area (Å²) in [5.74, 6) is -0.108. The fourth-order valence-corrected chi connectivity index (χ4v) is 4.56. The number of amides is 2. The van der Waals surface area contributed by atoms with E-state index in [2.05, 4.69) is 10.0 Å². The zero-order valence-electron chi connectivity index (χ0n) is 17.7. The normalized spacial score (nSPS) is 14.2. The van der Waals surface area contributed by atoms with Crippen LogP contribution in [0, 0.1) is 6.92 Å². The molecule has 8 nitrogen and oxygen atoms in total. The molecule has 0 saturated carbocycles. The van der Waals surface area contributed by atoms with Crippen LogP contribution in [0.15, 0.2) is 47.4 Å². The highest BCUT2D eigenvalue weighted by atomic mass is 32.2. The lowest BCUT2D eigenvalue weighted by atomic mass is 10.1.